The Kier molecular flexibility index (Phi) is 7.10. The molecule has 0 atom stereocenters. The number of carbonyl (C=O) groups excluding carboxylic acids is 1. The molecule has 1 aromatic rings. The summed E-state index contributed by atoms with van der Waals surface area (Å²) in [7, 11) is 1.64. The highest BCUT2D eigenvalue weighted by molar-refractivity contribution is 5.97. The van der Waals surface area contributed by atoms with Crippen molar-refractivity contribution in [3.8, 4) is 5.75 Å². The van der Waals surface area contributed by atoms with Crippen molar-refractivity contribution in [2.75, 3.05) is 51.9 Å². The summed E-state index contributed by atoms with van der Waals surface area (Å²) in [6.45, 7) is 7.32. The van der Waals surface area contributed by atoms with Gasteiger partial charge in [0.1, 0.15) is 18.0 Å². The van der Waals surface area contributed by atoms with Gasteiger partial charge in [0.25, 0.3) is 5.91 Å². The minimum Gasteiger partial charge on any atom is -0.492 e. The minimum atomic E-state index is -0.695. The van der Waals surface area contributed by atoms with Gasteiger partial charge < -0.3 is 19.5 Å². The average Bonchev–Trinajstić information content (AvgIpc) is 2.71. The summed E-state index contributed by atoms with van der Waals surface area (Å²) in [5.41, 5.74) is 0.0791. The zero-order chi connectivity index (χ0) is 19.1. The van der Waals surface area contributed by atoms with E-state index in [1.54, 1.807) is 7.11 Å². The Hall–Kier alpha value is -1.63. The third-order valence-electron chi connectivity index (χ3n) is 5.78. The largest absolute Gasteiger partial charge is 0.492 e. The molecule has 1 aromatic carbocycles. The Morgan fingerprint density at radius 3 is 2.52 bits per heavy atom. The predicted octanol–water partition coefficient (Wildman–Crippen LogP) is 2.93. The van der Waals surface area contributed by atoms with Crippen LogP contribution < -0.4 is 10.1 Å². The lowest BCUT2D eigenvalue weighted by molar-refractivity contribution is -0.142. The summed E-state index contributed by atoms with van der Waals surface area (Å²) in [6, 6.07) is 7.57. The van der Waals surface area contributed by atoms with Crippen molar-refractivity contribution < 1.29 is 19.0 Å². The quantitative estimate of drug-likeness (QED) is 0.793. The van der Waals surface area contributed by atoms with E-state index in [-0.39, 0.29) is 5.91 Å². The molecule has 150 valence electrons. The van der Waals surface area contributed by atoms with Gasteiger partial charge in [-0.05, 0) is 55.9 Å². The molecule has 2 fully saturated rings. The van der Waals surface area contributed by atoms with Crippen LogP contribution in [0.1, 0.15) is 32.6 Å². The molecule has 1 N–H and O–H groups in total. The van der Waals surface area contributed by atoms with E-state index in [1.165, 1.54) is 0 Å². The Balaban J connectivity index is 1.47. The van der Waals surface area contributed by atoms with Crippen molar-refractivity contribution in [1.82, 2.24) is 4.90 Å². The zero-order valence-corrected chi connectivity index (χ0v) is 16.5. The molecule has 27 heavy (non-hydrogen) atoms. The molecule has 2 aliphatic rings. The highest BCUT2D eigenvalue weighted by Crippen LogP contribution is 2.35. The van der Waals surface area contributed by atoms with E-state index >= 15 is 0 Å². The molecule has 1 saturated carbocycles. The number of methoxy groups -OCH3 is 1. The number of benzene rings is 1. The Labute approximate surface area is 162 Å². The van der Waals surface area contributed by atoms with Crippen molar-refractivity contribution in [3.63, 3.8) is 0 Å². The SMILES string of the molecule is COC1(C(=O)Nc2ccc(OCCN3CCOCC3)cc2)CCC(C)CC1. The lowest BCUT2D eigenvalue weighted by Gasteiger charge is -2.36. The van der Waals surface area contributed by atoms with Crippen LogP contribution in [-0.2, 0) is 14.3 Å². The maximum absolute atomic E-state index is 12.8. The molecule has 3 rings (SSSR count). The van der Waals surface area contributed by atoms with Crippen molar-refractivity contribution >= 4 is 11.6 Å². The Morgan fingerprint density at radius 1 is 1.22 bits per heavy atom. The van der Waals surface area contributed by atoms with Gasteiger partial charge in [-0.1, -0.05) is 6.92 Å². The molecular weight excluding hydrogens is 344 g/mol. The molecular formula is C21H32N2O4. The van der Waals surface area contributed by atoms with Crippen molar-refractivity contribution in [1.29, 1.82) is 0 Å². The molecule has 0 unspecified atom stereocenters. The lowest BCUT2D eigenvalue weighted by Crippen LogP contribution is -2.47. The second-order valence-electron chi connectivity index (χ2n) is 7.66. The first-order valence-electron chi connectivity index (χ1n) is 10.0. The monoisotopic (exact) mass is 376 g/mol. The van der Waals surface area contributed by atoms with Crippen LogP contribution in [0.5, 0.6) is 5.75 Å². The first kappa shape index (κ1) is 20.1. The summed E-state index contributed by atoms with van der Waals surface area (Å²) >= 11 is 0. The summed E-state index contributed by atoms with van der Waals surface area (Å²) < 4.78 is 16.8. The van der Waals surface area contributed by atoms with Crippen LogP contribution in [0.4, 0.5) is 5.69 Å². The van der Waals surface area contributed by atoms with Gasteiger partial charge in [0.15, 0.2) is 0 Å². The highest BCUT2D eigenvalue weighted by Gasteiger charge is 2.41. The molecule has 1 aliphatic carbocycles. The number of morpholine rings is 1. The van der Waals surface area contributed by atoms with E-state index in [9.17, 15) is 4.79 Å². The first-order valence-corrected chi connectivity index (χ1v) is 10.0. The summed E-state index contributed by atoms with van der Waals surface area (Å²) in [4.78, 5) is 15.1. The van der Waals surface area contributed by atoms with Crippen molar-refractivity contribution in [3.05, 3.63) is 24.3 Å². The van der Waals surface area contributed by atoms with E-state index < -0.39 is 5.60 Å². The van der Waals surface area contributed by atoms with Gasteiger partial charge in [0.05, 0.1) is 13.2 Å². The number of nitrogens with zero attached hydrogens (tertiary/aromatic N) is 1. The second kappa shape index (κ2) is 9.53. The van der Waals surface area contributed by atoms with Crippen molar-refractivity contribution in [2.24, 2.45) is 5.92 Å². The van der Waals surface area contributed by atoms with Gasteiger partial charge in [-0.3, -0.25) is 9.69 Å². The summed E-state index contributed by atoms with van der Waals surface area (Å²) in [6.07, 6.45) is 3.60. The minimum absolute atomic E-state index is 0.0436. The summed E-state index contributed by atoms with van der Waals surface area (Å²) in [5, 5.41) is 3.01. The Bertz CT molecular complexity index is 591. The third kappa shape index (κ3) is 5.43. The van der Waals surface area contributed by atoms with Crippen LogP contribution >= 0.6 is 0 Å². The van der Waals surface area contributed by atoms with Crippen LogP contribution in [0.3, 0.4) is 0 Å². The van der Waals surface area contributed by atoms with E-state index in [1.807, 2.05) is 24.3 Å². The van der Waals surface area contributed by atoms with Crippen LogP contribution in [0.15, 0.2) is 24.3 Å². The molecule has 1 saturated heterocycles. The van der Waals surface area contributed by atoms with E-state index in [0.29, 0.717) is 12.5 Å². The van der Waals surface area contributed by atoms with E-state index in [4.69, 9.17) is 14.2 Å². The average molecular weight is 376 g/mol. The van der Waals surface area contributed by atoms with Gasteiger partial charge in [-0.25, -0.2) is 0 Å². The smallest absolute Gasteiger partial charge is 0.256 e. The maximum Gasteiger partial charge on any atom is 0.256 e. The number of rotatable bonds is 7. The van der Waals surface area contributed by atoms with Gasteiger partial charge >= 0.3 is 0 Å². The normalized spacial score (nSPS) is 26.5. The molecule has 6 nitrogen and oxygen atoms in total. The fourth-order valence-electron chi connectivity index (χ4n) is 3.75. The second-order valence-corrected chi connectivity index (χ2v) is 7.66. The van der Waals surface area contributed by atoms with E-state index in [0.717, 1.165) is 70.0 Å². The molecule has 0 aromatic heterocycles. The molecule has 1 amide bonds. The standard InChI is InChI=1S/C21H32N2O4/c1-17-7-9-21(25-2,10-8-17)20(24)22-18-3-5-19(6-4-18)27-16-13-23-11-14-26-15-12-23/h3-6,17H,7-16H2,1-2H3,(H,22,24). The number of carbonyl (C=O) groups is 1. The summed E-state index contributed by atoms with van der Waals surface area (Å²) in [5.74, 6) is 1.43. The van der Waals surface area contributed by atoms with Crippen LogP contribution in [0.2, 0.25) is 0 Å². The number of ether oxygens (including phenoxy) is 3. The number of amides is 1. The molecule has 0 spiro atoms. The number of nitrogens with one attached hydrogen (secondary N) is 1. The Morgan fingerprint density at radius 2 is 1.89 bits per heavy atom. The van der Waals surface area contributed by atoms with Gasteiger partial charge in [-0.15, -0.1) is 0 Å². The third-order valence-corrected chi connectivity index (χ3v) is 5.78. The zero-order valence-electron chi connectivity index (χ0n) is 16.5. The maximum atomic E-state index is 12.8. The molecule has 0 radical (unpaired) electrons. The van der Waals surface area contributed by atoms with Gasteiger partial charge in [0, 0.05) is 32.4 Å². The number of hydrogen-bond acceptors (Lipinski definition) is 5. The molecule has 1 aliphatic heterocycles. The highest BCUT2D eigenvalue weighted by atomic mass is 16.5. The molecule has 1 heterocycles. The fraction of sp³-hybridized carbons (Fsp3) is 0.667. The number of hydrogen-bond donors (Lipinski definition) is 1. The van der Waals surface area contributed by atoms with Crippen molar-refractivity contribution in [2.45, 2.75) is 38.2 Å². The fourth-order valence-corrected chi connectivity index (χ4v) is 3.75. The van der Waals surface area contributed by atoms with Gasteiger partial charge in [0.2, 0.25) is 0 Å². The molecule has 6 heteroatoms. The van der Waals surface area contributed by atoms with E-state index in [2.05, 4.69) is 17.1 Å². The van der Waals surface area contributed by atoms with Gasteiger partial charge in [-0.2, -0.15) is 0 Å². The lowest BCUT2D eigenvalue weighted by atomic mass is 9.79. The topological polar surface area (TPSA) is 60.0 Å². The predicted molar refractivity (Wildman–Crippen MR) is 105 cm³/mol. The first-order chi connectivity index (χ1) is 13.1. The number of anilines is 1. The van der Waals surface area contributed by atoms with Crippen LogP contribution in [0.25, 0.3) is 0 Å². The molecule has 0 bridgehead atoms. The van der Waals surface area contributed by atoms with Crippen LogP contribution in [-0.4, -0.2) is 63.0 Å². The van der Waals surface area contributed by atoms with Crippen LogP contribution in [0, 0.1) is 5.92 Å².